The molecule has 0 bridgehead atoms. The Balaban J connectivity index is 1.43. The zero-order valence-corrected chi connectivity index (χ0v) is 18.8. The summed E-state index contributed by atoms with van der Waals surface area (Å²) in [6, 6.07) is 18.2. The molecule has 2 amide bonds. The van der Waals surface area contributed by atoms with Crippen molar-refractivity contribution in [1.82, 2.24) is 14.9 Å². The molecule has 7 heteroatoms. The van der Waals surface area contributed by atoms with Crippen LogP contribution >= 0.6 is 0 Å². The van der Waals surface area contributed by atoms with Gasteiger partial charge in [-0.25, -0.2) is 18.6 Å². The Labute approximate surface area is 197 Å². The summed E-state index contributed by atoms with van der Waals surface area (Å²) < 4.78 is 30.4. The summed E-state index contributed by atoms with van der Waals surface area (Å²) in [5.74, 6) is -1.46. The molecular formula is C27H26F2N4O. The SMILES string of the molecule is O=C(NCC1(n2ccc3cccnc32)CCCC1)N(Cc1ccccc1)c1ccc(F)cc1F. The third-order valence-electron chi connectivity index (χ3n) is 6.69. The van der Waals surface area contributed by atoms with Crippen molar-refractivity contribution in [2.24, 2.45) is 0 Å². The van der Waals surface area contributed by atoms with Crippen molar-refractivity contribution in [2.45, 2.75) is 37.8 Å². The highest BCUT2D eigenvalue weighted by Crippen LogP contribution is 2.38. The Hall–Kier alpha value is -3.74. The van der Waals surface area contributed by atoms with Crippen molar-refractivity contribution in [3.05, 3.63) is 96.3 Å². The molecule has 0 aliphatic heterocycles. The van der Waals surface area contributed by atoms with Gasteiger partial charge in [0.2, 0.25) is 0 Å². The number of hydrogen-bond donors (Lipinski definition) is 1. The average molecular weight is 461 g/mol. The van der Waals surface area contributed by atoms with Crippen LogP contribution in [0.25, 0.3) is 11.0 Å². The predicted molar refractivity (Wildman–Crippen MR) is 129 cm³/mol. The lowest BCUT2D eigenvalue weighted by molar-refractivity contribution is 0.233. The third-order valence-corrected chi connectivity index (χ3v) is 6.69. The molecule has 1 N–H and O–H groups in total. The number of carbonyl (C=O) groups is 1. The molecule has 2 aromatic heterocycles. The number of aromatic nitrogens is 2. The Bertz CT molecular complexity index is 1300. The first-order chi connectivity index (χ1) is 16.6. The van der Waals surface area contributed by atoms with E-state index in [9.17, 15) is 13.6 Å². The number of urea groups is 1. The smallest absolute Gasteiger partial charge is 0.322 e. The lowest BCUT2D eigenvalue weighted by atomic mass is 9.97. The molecule has 0 saturated heterocycles. The highest BCUT2D eigenvalue weighted by atomic mass is 19.1. The predicted octanol–water partition coefficient (Wildman–Crippen LogP) is 6.00. The van der Waals surface area contributed by atoms with Crippen molar-refractivity contribution in [2.75, 3.05) is 11.4 Å². The fraction of sp³-hybridized carbons (Fsp3) is 0.259. The van der Waals surface area contributed by atoms with Crippen LogP contribution in [-0.4, -0.2) is 22.1 Å². The maximum Gasteiger partial charge on any atom is 0.322 e. The van der Waals surface area contributed by atoms with Crippen LogP contribution in [0, 0.1) is 11.6 Å². The van der Waals surface area contributed by atoms with Gasteiger partial charge in [0.15, 0.2) is 0 Å². The van der Waals surface area contributed by atoms with Crippen LogP contribution in [0.1, 0.15) is 31.2 Å². The quantitative estimate of drug-likeness (QED) is 0.384. The summed E-state index contributed by atoms with van der Waals surface area (Å²) in [7, 11) is 0. The number of nitrogens with zero attached hydrogens (tertiary/aromatic N) is 3. The number of rotatable bonds is 6. The molecule has 174 valence electrons. The number of hydrogen-bond acceptors (Lipinski definition) is 2. The highest BCUT2D eigenvalue weighted by molar-refractivity contribution is 5.92. The third kappa shape index (κ3) is 4.25. The van der Waals surface area contributed by atoms with Gasteiger partial charge in [0, 0.05) is 30.4 Å². The number of halogens is 2. The Kier molecular flexibility index (Phi) is 6.01. The van der Waals surface area contributed by atoms with E-state index < -0.39 is 17.7 Å². The van der Waals surface area contributed by atoms with Crippen molar-refractivity contribution in [3.63, 3.8) is 0 Å². The van der Waals surface area contributed by atoms with Gasteiger partial charge in [-0.2, -0.15) is 0 Å². The van der Waals surface area contributed by atoms with Gasteiger partial charge in [0.25, 0.3) is 0 Å². The first kappa shape index (κ1) is 22.1. The van der Waals surface area contributed by atoms with E-state index in [0.29, 0.717) is 6.54 Å². The number of pyridine rings is 1. The average Bonchev–Trinajstić information content (AvgIpc) is 3.50. The van der Waals surface area contributed by atoms with Crippen LogP contribution in [0.15, 0.2) is 79.1 Å². The second-order valence-electron chi connectivity index (χ2n) is 8.86. The largest absolute Gasteiger partial charge is 0.335 e. The molecular weight excluding hydrogens is 434 g/mol. The number of amides is 2. The van der Waals surface area contributed by atoms with Crippen molar-refractivity contribution < 1.29 is 13.6 Å². The number of nitrogens with one attached hydrogen (secondary N) is 1. The molecule has 5 rings (SSSR count). The van der Waals surface area contributed by atoms with Gasteiger partial charge in [-0.1, -0.05) is 43.2 Å². The van der Waals surface area contributed by atoms with Gasteiger partial charge in [0.05, 0.1) is 17.8 Å². The summed E-state index contributed by atoms with van der Waals surface area (Å²) >= 11 is 0. The second kappa shape index (κ2) is 9.25. The zero-order valence-electron chi connectivity index (χ0n) is 18.8. The standard InChI is InChI=1S/C27H26F2N4O/c28-22-10-11-24(23(29)17-22)32(18-20-7-2-1-3-8-20)26(34)31-19-27(13-4-5-14-27)33-16-12-21-9-6-15-30-25(21)33/h1-3,6-12,15-17H,4-5,13-14,18-19H2,(H,31,34). The van der Waals surface area contributed by atoms with E-state index in [1.807, 2.05) is 54.7 Å². The summed E-state index contributed by atoms with van der Waals surface area (Å²) in [5.41, 5.74) is 1.48. The van der Waals surface area contributed by atoms with E-state index in [1.54, 1.807) is 6.20 Å². The minimum atomic E-state index is -0.776. The molecule has 0 unspecified atom stereocenters. The summed E-state index contributed by atoms with van der Waals surface area (Å²) in [5, 5.41) is 4.11. The molecule has 1 aliphatic rings. The van der Waals surface area contributed by atoms with E-state index in [-0.39, 0.29) is 17.8 Å². The minimum absolute atomic E-state index is 0.0382. The fourth-order valence-electron chi connectivity index (χ4n) is 4.95. The molecule has 0 spiro atoms. The molecule has 5 nitrogen and oxygen atoms in total. The van der Waals surface area contributed by atoms with Gasteiger partial charge in [-0.05, 0) is 48.7 Å². The van der Waals surface area contributed by atoms with Gasteiger partial charge < -0.3 is 9.88 Å². The Morgan fingerprint density at radius 1 is 1.03 bits per heavy atom. The van der Waals surface area contributed by atoms with E-state index in [4.69, 9.17) is 0 Å². The molecule has 4 aromatic rings. The topological polar surface area (TPSA) is 50.2 Å². The van der Waals surface area contributed by atoms with Gasteiger partial charge in [-0.3, -0.25) is 4.90 Å². The molecule has 1 fully saturated rings. The molecule has 0 radical (unpaired) electrons. The van der Waals surface area contributed by atoms with Crippen LogP contribution in [0.2, 0.25) is 0 Å². The first-order valence-electron chi connectivity index (χ1n) is 11.5. The van der Waals surface area contributed by atoms with Crippen molar-refractivity contribution in [1.29, 1.82) is 0 Å². The zero-order chi connectivity index (χ0) is 23.5. The number of benzene rings is 2. The molecule has 1 aliphatic carbocycles. The Morgan fingerprint density at radius 2 is 1.82 bits per heavy atom. The summed E-state index contributed by atoms with van der Waals surface area (Å²) in [4.78, 5) is 19.3. The maximum atomic E-state index is 14.7. The molecule has 2 aromatic carbocycles. The Morgan fingerprint density at radius 3 is 2.59 bits per heavy atom. The number of carbonyl (C=O) groups excluding carboxylic acids is 1. The maximum absolute atomic E-state index is 14.7. The van der Waals surface area contributed by atoms with Gasteiger partial charge >= 0.3 is 6.03 Å². The molecule has 2 heterocycles. The summed E-state index contributed by atoms with van der Waals surface area (Å²) in [6.45, 7) is 0.552. The lowest BCUT2D eigenvalue weighted by Gasteiger charge is -2.33. The molecule has 1 saturated carbocycles. The van der Waals surface area contributed by atoms with Crippen LogP contribution in [0.3, 0.4) is 0 Å². The van der Waals surface area contributed by atoms with E-state index in [1.165, 1.54) is 17.0 Å². The van der Waals surface area contributed by atoms with E-state index >= 15 is 0 Å². The van der Waals surface area contributed by atoms with E-state index in [0.717, 1.165) is 48.3 Å². The van der Waals surface area contributed by atoms with Gasteiger partial charge in [0.1, 0.15) is 17.3 Å². The number of anilines is 1. The van der Waals surface area contributed by atoms with Crippen LogP contribution in [-0.2, 0) is 12.1 Å². The van der Waals surface area contributed by atoms with Gasteiger partial charge in [-0.15, -0.1) is 0 Å². The van der Waals surface area contributed by atoms with Crippen LogP contribution < -0.4 is 10.2 Å². The number of fused-ring (bicyclic) bond motifs is 1. The minimum Gasteiger partial charge on any atom is -0.335 e. The first-order valence-corrected chi connectivity index (χ1v) is 11.5. The molecule has 0 atom stereocenters. The lowest BCUT2D eigenvalue weighted by Crippen LogP contribution is -2.48. The monoisotopic (exact) mass is 460 g/mol. The second-order valence-corrected chi connectivity index (χ2v) is 8.86. The van der Waals surface area contributed by atoms with Crippen molar-refractivity contribution in [3.8, 4) is 0 Å². The van der Waals surface area contributed by atoms with Crippen molar-refractivity contribution >= 4 is 22.8 Å². The summed E-state index contributed by atoms with van der Waals surface area (Å²) in [6.07, 6.45) is 7.76. The molecule has 34 heavy (non-hydrogen) atoms. The fourth-order valence-corrected chi connectivity index (χ4v) is 4.95. The van der Waals surface area contributed by atoms with E-state index in [2.05, 4.69) is 14.9 Å². The normalized spacial score (nSPS) is 14.9. The van der Waals surface area contributed by atoms with Crippen LogP contribution in [0.5, 0.6) is 0 Å². The van der Waals surface area contributed by atoms with Crippen LogP contribution in [0.4, 0.5) is 19.3 Å². The highest BCUT2D eigenvalue weighted by Gasteiger charge is 2.37.